The van der Waals surface area contributed by atoms with Crippen LogP contribution in [-0.2, 0) is 25.6 Å². The zero-order valence-electron chi connectivity index (χ0n) is 45.3. The number of nitrogens with zero attached hydrogens (tertiary/aromatic N) is 4. The van der Waals surface area contributed by atoms with E-state index in [1.807, 2.05) is 0 Å². The fourth-order valence-electron chi connectivity index (χ4n) is 15.3. The number of ether oxygens (including phenoxy) is 3. The van der Waals surface area contributed by atoms with E-state index in [0.717, 1.165) is 26.2 Å². The maximum Gasteiger partial charge on any atom is 0.314 e. The standard InChI is InChI=1S/C55H92N4O7/c1-21-56-48(5,6)28-36(29-49(56,7)8)42(60)27-41-43(65-46(62)38-32-52(13,14)58(23-3)53(15,16)33-38)25-40(64-45(61)37-30-50(9,10)57(22-2)51(11,12)31-37)26-44(41)66-47(63)39-34-54(17,18)59(24-4)55(19,20)35-39/h25-26,36-39H,21-24,27-35H2,1-20H3. The molecule has 0 aliphatic carbocycles. The molecule has 4 aliphatic rings. The lowest BCUT2D eigenvalue weighted by atomic mass is 9.71. The summed E-state index contributed by atoms with van der Waals surface area (Å²) in [5.41, 5.74) is -1.80. The summed E-state index contributed by atoms with van der Waals surface area (Å²) < 4.78 is 19.5. The van der Waals surface area contributed by atoms with Crippen LogP contribution in [-0.4, -0.2) is 114 Å². The van der Waals surface area contributed by atoms with E-state index in [4.69, 9.17) is 14.2 Å². The number of ketones is 1. The smallest absolute Gasteiger partial charge is 0.314 e. The van der Waals surface area contributed by atoms with Gasteiger partial charge in [0.2, 0.25) is 0 Å². The predicted octanol–water partition coefficient (Wildman–Crippen LogP) is 10.7. The van der Waals surface area contributed by atoms with E-state index in [0.29, 0.717) is 56.9 Å². The van der Waals surface area contributed by atoms with Gasteiger partial charge in [-0.25, -0.2) is 0 Å². The summed E-state index contributed by atoms with van der Waals surface area (Å²) >= 11 is 0. The fourth-order valence-corrected chi connectivity index (χ4v) is 15.3. The Kier molecular flexibility index (Phi) is 15.4. The third kappa shape index (κ3) is 11.1. The average molecular weight is 921 g/mol. The first-order chi connectivity index (χ1) is 30.1. The van der Waals surface area contributed by atoms with E-state index < -0.39 is 29.7 Å². The van der Waals surface area contributed by atoms with Crippen molar-refractivity contribution < 1.29 is 33.4 Å². The molecule has 0 amide bonds. The van der Waals surface area contributed by atoms with Crippen molar-refractivity contribution in [1.29, 1.82) is 0 Å². The van der Waals surface area contributed by atoms with Crippen LogP contribution in [0.3, 0.4) is 0 Å². The highest BCUT2D eigenvalue weighted by molar-refractivity contribution is 5.87. The third-order valence-electron chi connectivity index (χ3n) is 16.7. The molecule has 11 nitrogen and oxygen atoms in total. The summed E-state index contributed by atoms with van der Waals surface area (Å²) in [4.78, 5) is 68.6. The lowest BCUT2D eigenvalue weighted by Crippen LogP contribution is -2.61. The number of hydrogen-bond donors (Lipinski definition) is 0. The molecule has 4 saturated heterocycles. The quantitative estimate of drug-likeness (QED) is 0.139. The Morgan fingerprint density at radius 1 is 0.409 bits per heavy atom. The number of carbonyl (C=O) groups is 4. The lowest BCUT2D eigenvalue weighted by Gasteiger charge is -2.55. The van der Waals surface area contributed by atoms with Crippen LogP contribution in [0.1, 0.15) is 195 Å². The molecule has 1 aromatic carbocycles. The highest BCUT2D eigenvalue weighted by Crippen LogP contribution is 2.48. The zero-order valence-corrected chi connectivity index (χ0v) is 45.3. The number of benzene rings is 1. The first-order valence-electron chi connectivity index (χ1n) is 25.5. The Morgan fingerprint density at radius 2 is 0.636 bits per heavy atom. The van der Waals surface area contributed by atoms with Gasteiger partial charge in [0.05, 0.1) is 17.8 Å². The second-order valence-electron chi connectivity index (χ2n) is 25.7. The van der Waals surface area contributed by atoms with Gasteiger partial charge in [-0.2, -0.15) is 0 Å². The first kappa shape index (κ1) is 54.1. The molecule has 1 aromatic rings. The van der Waals surface area contributed by atoms with Crippen LogP contribution in [0.5, 0.6) is 17.2 Å². The maximum atomic E-state index is 14.9. The van der Waals surface area contributed by atoms with Gasteiger partial charge in [0.25, 0.3) is 0 Å². The lowest BCUT2D eigenvalue weighted by molar-refractivity contribution is -0.147. The van der Waals surface area contributed by atoms with Crippen LogP contribution in [0.2, 0.25) is 0 Å². The van der Waals surface area contributed by atoms with Gasteiger partial charge in [0.1, 0.15) is 23.0 Å². The molecule has 4 heterocycles. The molecule has 4 fully saturated rings. The topological polar surface area (TPSA) is 109 Å². The van der Waals surface area contributed by atoms with Crippen LogP contribution >= 0.6 is 0 Å². The second-order valence-corrected chi connectivity index (χ2v) is 25.7. The average Bonchev–Trinajstić information content (AvgIpc) is 3.12. The highest BCUT2D eigenvalue weighted by Gasteiger charge is 2.51. The van der Waals surface area contributed by atoms with E-state index in [1.165, 1.54) is 0 Å². The Bertz CT molecular complexity index is 1830. The highest BCUT2D eigenvalue weighted by atomic mass is 16.6. The minimum Gasteiger partial charge on any atom is -0.426 e. The Hall–Kier alpha value is -2.86. The van der Waals surface area contributed by atoms with Crippen LogP contribution in [0.25, 0.3) is 0 Å². The zero-order chi connectivity index (χ0) is 50.0. The van der Waals surface area contributed by atoms with Gasteiger partial charge in [-0.3, -0.25) is 38.8 Å². The largest absolute Gasteiger partial charge is 0.426 e. The number of likely N-dealkylation sites (tertiary alicyclic amines) is 4. The SMILES string of the molecule is CCN1C(C)(C)CC(C(=O)Cc2c(OC(=O)C3CC(C)(C)N(CC)C(C)(C)C3)cc(OC(=O)C3CC(C)(C)N(CC)C(C)(C)C3)cc2OC(=O)C2CC(C)(C)N(CC)C(C)(C)C2)CC1(C)C. The van der Waals surface area contributed by atoms with Crippen molar-refractivity contribution in [2.24, 2.45) is 23.7 Å². The molecule has 0 saturated carbocycles. The predicted molar refractivity (Wildman–Crippen MR) is 265 cm³/mol. The summed E-state index contributed by atoms with van der Waals surface area (Å²) in [7, 11) is 0. The van der Waals surface area contributed by atoms with E-state index in [-0.39, 0.29) is 85.7 Å². The molecular weight excluding hydrogens is 829 g/mol. The Morgan fingerprint density at radius 3 is 0.879 bits per heavy atom. The second kappa shape index (κ2) is 18.8. The molecule has 66 heavy (non-hydrogen) atoms. The molecule has 0 unspecified atom stereocenters. The van der Waals surface area contributed by atoms with E-state index in [2.05, 4.69) is 158 Å². The molecule has 0 atom stereocenters. The molecular formula is C55H92N4O7. The minimum absolute atomic E-state index is 0.00423. The Labute approximate surface area is 400 Å². The summed E-state index contributed by atoms with van der Waals surface area (Å²) in [5, 5.41) is 0. The van der Waals surface area contributed by atoms with Gasteiger partial charge in [0.15, 0.2) is 0 Å². The van der Waals surface area contributed by atoms with Crippen molar-refractivity contribution >= 4 is 23.7 Å². The molecule has 0 N–H and O–H groups in total. The van der Waals surface area contributed by atoms with Crippen molar-refractivity contribution in [1.82, 2.24) is 19.6 Å². The van der Waals surface area contributed by atoms with E-state index in [9.17, 15) is 19.2 Å². The van der Waals surface area contributed by atoms with Gasteiger partial charge >= 0.3 is 17.9 Å². The van der Waals surface area contributed by atoms with Crippen molar-refractivity contribution in [2.75, 3.05) is 26.2 Å². The van der Waals surface area contributed by atoms with Gasteiger partial charge in [-0.05, 0) is 188 Å². The molecule has 374 valence electrons. The maximum absolute atomic E-state index is 14.9. The molecule has 0 radical (unpaired) electrons. The van der Waals surface area contributed by atoms with Gasteiger partial charge in [-0.15, -0.1) is 0 Å². The Balaban J connectivity index is 1.63. The number of esters is 3. The minimum atomic E-state index is -0.444. The normalized spacial score (nSPS) is 25.8. The van der Waals surface area contributed by atoms with Gasteiger partial charge in [0, 0.05) is 74.3 Å². The molecule has 0 bridgehead atoms. The van der Waals surface area contributed by atoms with E-state index in [1.54, 1.807) is 12.1 Å². The third-order valence-corrected chi connectivity index (χ3v) is 16.7. The van der Waals surface area contributed by atoms with Crippen molar-refractivity contribution in [3.8, 4) is 17.2 Å². The number of piperidine rings is 4. The van der Waals surface area contributed by atoms with Crippen LogP contribution in [0.4, 0.5) is 0 Å². The molecule has 4 aliphatic heterocycles. The summed E-state index contributed by atoms with van der Waals surface area (Å²) in [6, 6.07) is 3.17. The number of carbonyl (C=O) groups excluding carboxylic acids is 4. The number of hydrogen-bond acceptors (Lipinski definition) is 11. The van der Waals surface area contributed by atoms with Gasteiger partial charge in [-0.1, -0.05) is 27.7 Å². The molecule has 0 aromatic heterocycles. The fraction of sp³-hybridized carbons (Fsp3) is 0.818. The number of Topliss-reactive ketones (excluding diaryl/α,β-unsaturated/α-hetero) is 1. The van der Waals surface area contributed by atoms with Crippen LogP contribution in [0.15, 0.2) is 12.1 Å². The number of rotatable bonds is 13. The summed E-state index contributed by atoms with van der Waals surface area (Å²) in [6.07, 6.45) is 4.74. The van der Waals surface area contributed by atoms with Crippen LogP contribution in [0, 0.1) is 23.7 Å². The summed E-state index contributed by atoms with van der Waals surface area (Å²) in [6.45, 7) is 46.9. The van der Waals surface area contributed by atoms with Crippen molar-refractivity contribution in [3.05, 3.63) is 17.7 Å². The van der Waals surface area contributed by atoms with E-state index >= 15 is 0 Å². The van der Waals surface area contributed by atoms with Crippen molar-refractivity contribution in [3.63, 3.8) is 0 Å². The van der Waals surface area contributed by atoms with Crippen molar-refractivity contribution in [2.45, 2.75) is 241 Å². The summed E-state index contributed by atoms with van der Waals surface area (Å²) in [5.74, 6) is -2.47. The molecule has 5 rings (SSSR count). The van der Waals surface area contributed by atoms with Gasteiger partial charge < -0.3 is 14.2 Å². The monoisotopic (exact) mass is 921 g/mol. The molecule has 11 heteroatoms. The first-order valence-corrected chi connectivity index (χ1v) is 25.5. The van der Waals surface area contributed by atoms with Crippen LogP contribution < -0.4 is 14.2 Å². The molecule has 0 spiro atoms.